The Labute approximate surface area is 153 Å². The van der Waals surface area contributed by atoms with Gasteiger partial charge < -0.3 is 0 Å². The van der Waals surface area contributed by atoms with Crippen molar-refractivity contribution in [2.45, 2.75) is 25.5 Å². The SMILES string of the molecule is CC(C)(C)S(=O)/N=C/c1ccc2cccnc2c1-c1cc(F)cc(F)c1. The molecule has 0 N–H and O–H groups in total. The van der Waals surface area contributed by atoms with Crippen molar-refractivity contribution in [3.05, 3.63) is 65.9 Å². The van der Waals surface area contributed by atoms with Gasteiger partial charge in [0.1, 0.15) is 22.6 Å². The molecule has 0 saturated heterocycles. The Balaban J connectivity index is 2.24. The van der Waals surface area contributed by atoms with E-state index in [0.717, 1.165) is 11.5 Å². The van der Waals surface area contributed by atoms with E-state index in [4.69, 9.17) is 0 Å². The van der Waals surface area contributed by atoms with Crippen LogP contribution in [0.2, 0.25) is 0 Å². The second-order valence-electron chi connectivity index (χ2n) is 6.86. The molecular formula is C20H18F2N2OS. The minimum atomic E-state index is -1.44. The normalized spacial score (nSPS) is 13.4. The van der Waals surface area contributed by atoms with Gasteiger partial charge in [-0.2, -0.15) is 4.40 Å². The van der Waals surface area contributed by atoms with Crippen molar-refractivity contribution < 1.29 is 13.0 Å². The second kappa shape index (κ2) is 7.03. The van der Waals surface area contributed by atoms with Gasteiger partial charge in [-0.15, -0.1) is 0 Å². The highest BCUT2D eigenvalue weighted by molar-refractivity contribution is 7.85. The summed E-state index contributed by atoms with van der Waals surface area (Å²) in [6.45, 7) is 5.47. The largest absolute Gasteiger partial charge is 0.256 e. The molecule has 0 saturated carbocycles. The fraction of sp³-hybridized carbons (Fsp3) is 0.200. The molecule has 0 spiro atoms. The summed E-state index contributed by atoms with van der Waals surface area (Å²) in [7, 11) is -1.44. The Hall–Kier alpha value is -2.47. The van der Waals surface area contributed by atoms with Gasteiger partial charge in [-0.1, -0.05) is 18.2 Å². The molecule has 0 aliphatic rings. The van der Waals surface area contributed by atoms with Crippen LogP contribution in [0.1, 0.15) is 26.3 Å². The quantitative estimate of drug-likeness (QED) is 0.603. The molecule has 0 fully saturated rings. The number of benzene rings is 2. The number of pyridine rings is 1. The number of halogens is 2. The smallest absolute Gasteiger partial charge is 0.144 e. The molecule has 0 radical (unpaired) electrons. The minimum absolute atomic E-state index is 0.356. The highest BCUT2D eigenvalue weighted by Gasteiger charge is 2.19. The Morgan fingerprint density at radius 3 is 2.42 bits per heavy atom. The number of fused-ring (bicyclic) bond motifs is 1. The number of nitrogens with zero attached hydrogens (tertiary/aromatic N) is 2. The van der Waals surface area contributed by atoms with Gasteiger partial charge in [-0.05, 0) is 44.5 Å². The molecule has 0 aliphatic heterocycles. The van der Waals surface area contributed by atoms with Crippen molar-refractivity contribution in [1.29, 1.82) is 0 Å². The molecule has 6 heteroatoms. The zero-order valence-electron chi connectivity index (χ0n) is 14.7. The Morgan fingerprint density at radius 1 is 1.08 bits per heavy atom. The molecule has 3 nitrogen and oxygen atoms in total. The lowest BCUT2D eigenvalue weighted by Crippen LogP contribution is -2.19. The maximum absolute atomic E-state index is 13.8. The molecule has 1 unspecified atom stereocenters. The number of hydrogen-bond donors (Lipinski definition) is 0. The molecule has 0 bridgehead atoms. The van der Waals surface area contributed by atoms with Crippen molar-refractivity contribution in [3.8, 4) is 11.1 Å². The van der Waals surface area contributed by atoms with Crippen LogP contribution in [0.4, 0.5) is 8.78 Å². The first kappa shape index (κ1) is 18.3. The van der Waals surface area contributed by atoms with Crippen molar-refractivity contribution >= 4 is 28.1 Å². The molecular weight excluding hydrogens is 354 g/mol. The third kappa shape index (κ3) is 3.85. The third-order valence-corrected chi connectivity index (χ3v) is 5.11. The zero-order valence-corrected chi connectivity index (χ0v) is 15.5. The summed E-state index contributed by atoms with van der Waals surface area (Å²) in [6.07, 6.45) is 3.10. The fourth-order valence-corrected chi connectivity index (χ4v) is 3.06. The van der Waals surface area contributed by atoms with Crippen LogP contribution in [-0.2, 0) is 11.0 Å². The highest BCUT2D eigenvalue weighted by Crippen LogP contribution is 2.31. The topological polar surface area (TPSA) is 42.3 Å². The predicted octanol–water partition coefficient (Wildman–Crippen LogP) is 5.06. The van der Waals surface area contributed by atoms with Crippen LogP contribution in [0.25, 0.3) is 22.0 Å². The van der Waals surface area contributed by atoms with E-state index in [1.807, 2.05) is 32.9 Å². The molecule has 0 aliphatic carbocycles. The maximum atomic E-state index is 13.8. The molecule has 1 aromatic heterocycles. The van der Waals surface area contributed by atoms with Gasteiger partial charge in [0.25, 0.3) is 0 Å². The lowest BCUT2D eigenvalue weighted by molar-refractivity contribution is 0.584. The van der Waals surface area contributed by atoms with Crippen molar-refractivity contribution in [3.63, 3.8) is 0 Å². The molecule has 1 atom stereocenters. The van der Waals surface area contributed by atoms with Crippen molar-refractivity contribution in [2.75, 3.05) is 0 Å². The van der Waals surface area contributed by atoms with Crippen LogP contribution in [0.15, 0.2) is 53.1 Å². The van der Waals surface area contributed by atoms with Crippen LogP contribution < -0.4 is 0 Å². The van der Waals surface area contributed by atoms with Crippen molar-refractivity contribution in [2.24, 2.45) is 4.40 Å². The summed E-state index contributed by atoms with van der Waals surface area (Å²) in [6, 6.07) is 10.6. The van der Waals surface area contributed by atoms with Gasteiger partial charge in [0.05, 0.1) is 10.3 Å². The summed E-state index contributed by atoms with van der Waals surface area (Å²) >= 11 is 0. The van der Waals surface area contributed by atoms with Gasteiger partial charge in [0, 0.05) is 35.0 Å². The monoisotopic (exact) mass is 372 g/mol. The maximum Gasteiger partial charge on any atom is 0.144 e. The Morgan fingerprint density at radius 2 is 1.77 bits per heavy atom. The van der Waals surface area contributed by atoms with Crippen molar-refractivity contribution in [1.82, 2.24) is 4.98 Å². The van der Waals surface area contributed by atoms with Gasteiger partial charge in [0.15, 0.2) is 0 Å². The first-order valence-electron chi connectivity index (χ1n) is 8.06. The summed E-state index contributed by atoms with van der Waals surface area (Å²) in [5, 5.41) is 0.835. The third-order valence-electron chi connectivity index (χ3n) is 3.77. The van der Waals surface area contributed by atoms with E-state index < -0.39 is 27.4 Å². The van der Waals surface area contributed by atoms with Gasteiger partial charge in [-0.3, -0.25) is 4.98 Å². The molecule has 26 heavy (non-hydrogen) atoms. The van der Waals surface area contributed by atoms with E-state index in [9.17, 15) is 13.0 Å². The molecule has 1 heterocycles. The molecule has 0 amide bonds. The predicted molar refractivity (Wildman–Crippen MR) is 103 cm³/mol. The van der Waals surface area contributed by atoms with Crippen LogP contribution in [0.3, 0.4) is 0 Å². The van der Waals surface area contributed by atoms with E-state index in [2.05, 4.69) is 9.38 Å². The summed E-state index contributed by atoms with van der Waals surface area (Å²) in [5.74, 6) is -1.34. The van der Waals surface area contributed by atoms with E-state index in [1.165, 1.54) is 18.3 Å². The standard InChI is InChI=1S/C20H18F2N2OS/c1-20(2,3)26(25)24-12-14-7-6-13-5-4-8-23-19(13)18(14)15-9-16(21)11-17(22)10-15/h4-12H,1-3H3/b24-12+. The minimum Gasteiger partial charge on any atom is -0.256 e. The molecule has 3 rings (SSSR count). The summed E-state index contributed by atoms with van der Waals surface area (Å²) in [4.78, 5) is 4.37. The lowest BCUT2D eigenvalue weighted by atomic mass is 9.96. The number of aromatic nitrogens is 1. The van der Waals surface area contributed by atoms with E-state index in [0.29, 0.717) is 22.2 Å². The van der Waals surface area contributed by atoms with Crippen LogP contribution in [0.5, 0.6) is 0 Å². The van der Waals surface area contributed by atoms with Crippen LogP contribution in [-0.4, -0.2) is 20.2 Å². The highest BCUT2D eigenvalue weighted by atomic mass is 32.2. The van der Waals surface area contributed by atoms with Crippen LogP contribution >= 0.6 is 0 Å². The van der Waals surface area contributed by atoms with E-state index in [-0.39, 0.29) is 0 Å². The molecule has 2 aromatic carbocycles. The number of rotatable bonds is 3. The number of hydrogen-bond acceptors (Lipinski definition) is 2. The van der Waals surface area contributed by atoms with Gasteiger partial charge >= 0.3 is 0 Å². The van der Waals surface area contributed by atoms with Gasteiger partial charge in [-0.25, -0.2) is 13.0 Å². The lowest BCUT2D eigenvalue weighted by Gasteiger charge is -2.14. The first-order valence-corrected chi connectivity index (χ1v) is 9.16. The Bertz CT molecular complexity index is 1010. The fourth-order valence-electron chi connectivity index (χ4n) is 2.53. The second-order valence-corrected chi connectivity index (χ2v) is 8.79. The van der Waals surface area contributed by atoms with E-state index >= 15 is 0 Å². The zero-order chi connectivity index (χ0) is 18.9. The average molecular weight is 372 g/mol. The van der Waals surface area contributed by atoms with Gasteiger partial charge in [0.2, 0.25) is 0 Å². The summed E-state index contributed by atoms with van der Waals surface area (Å²) in [5.41, 5.74) is 2.10. The Kier molecular flexibility index (Phi) is 4.96. The average Bonchev–Trinajstić information content (AvgIpc) is 2.57. The molecule has 134 valence electrons. The molecule has 3 aromatic rings. The first-order chi connectivity index (χ1) is 12.3. The van der Waals surface area contributed by atoms with Crippen LogP contribution in [0, 0.1) is 11.6 Å². The van der Waals surface area contributed by atoms with E-state index in [1.54, 1.807) is 18.3 Å². The summed E-state index contributed by atoms with van der Waals surface area (Å²) < 4.78 is 43.4.